The standard InChI is InChI=1S/C14H24N4O/c1-12(2)13-10-15-14(16-11-13)18-5-3-4-17(6-7-18)8-9-19/h10-12,19H,3-9H2,1-2H3. The quantitative estimate of drug-likeness (QED) is 0.882. The third-order valence-corrected chi connectivity index (χ3v) is 3.61. The Morgan fingerprint density at radius 1 is 1.16 bits per heavy atom. The first kappa shape index (κ1) is 14.2. The molecule has 1 N–H and O–H groups in total. The molecular formula is C14H24N4O. The largest absolute Gasteiger partial charge is 0.395 e. The summed E-state index contributed by atoms with van der Waals surface area (Å²) in [5.41, 5.74) is 1.18. The van der Waals surface area contributed by atoms with E-state index < -0.39 is 0 Å². The third kappa shape index (κ3) is 3.88. The first-order valence-corrected chi connectivity index (χ1v) is 7.11. The van der Waals surface area contributed by atoms with Gasteiger partial charge in [-0.25, -0.2) is 9.97 Å². The van der Waals surface area contributed by atoms with Crippen LogP contribution < -0.4 is 4.90 Å². The van der Waals surface area contributed by atoms with Crippen LogP contribution in [0.25, 0.3) is 0 Å². The Morgan fingerprint density at radius 3 is 2.53 bits per heavy atom. The summed E-state index contributed by atoms with van der Waals surface area (Å²) in [5.74, 6) is 1.30. The Hall–Kier alpha value is -1.20. The van der Waals surface area contributed by atoms with Gasteiger partial charge in [0.25, 0.3) is 0 Å². The van der Waals surface area contributed by atoms with Crippen molar-refractivity contribution in [3.63, 3.8) is 0 Å². The third-order valence-electron chi connectivity index (χ3n) is 3.61. The van der Waals surface area contributed by atoms with E-state index in [9.17, 15) is 0 Å². The Bertz CT molecular complexity index is 380. The van der Waals surface area contributed by atoms with Crippen LogP contribution in [0.3, 0.4) is 0 Å². The fraction of sp³-hybridized carbons (Fsp3) is 0.714. The molecule has 2 heterocycles. The van der Waals surface area contributed by atoms with Gasteiger partial charge in [0.2, 0.25) is 5.95 Å². The van der Waals surface area contributed by atoms with Crippen LogP contribution in [0.2, 0.25) is 0 Å². The second-order valence-corrected chi connectivity index (χ2v) is 5.38. The maximum atomic E-state index is 9.00. The molecule has 0 aliphatic carbocycles. The molecule has 0 spiro atoms. The second kappa shape index (κ2) is 6.82. The van der Waals surface area contributed by atoms with Crippen LogP contribution in [0.4, 0.5) is 5.95 Å². The molecule has 1 aliphatic heterocycles. The van der Waals surface area contributed by atoms with Gasteiger partial charge in [-0.3, -0.25) is 4.90 Å². The molecule has 5 nitrogen and oxygen atoms in total. The van der Waals surface area contributed by atoms with Crippen LogP contribution in [0.5, 0.6) is 0 Å². The molecule has 1 fully saturated rings. The maximum absolute atomic E-state index is 9.00. The molecule has 5 heteroatoms. The van der Waals surface area contributed by atoms with Crippen molar-refractivity contribution in [3.05, 3.63) is 18.0 Å². The van der Waals surface area contributed by atoms with Crippen LogP contribution in [0, 0.1) is 0 Å². The second-order valence-electron chi connectivity index (χ2n) is 5.38. The summed E-state index contributed by atoms with van der Waals surface area (Å²) >= 11 is 0. The zero-order chi connectivity index (χ0) is 13.7. The van der Waals surface area contributed by atoms with E-state index in [1.165, 1.54) is 5.56 Å². The number of nitrogens with zero attached hydrogens (tertiary/aromatic N) is 4. The highest BCUT2D eigenvalue weighted by atomic mass is 16.3. The highest BCUT2D eigenvalue weighted by molar-refractivity contribution is 5.30. The van der Waals surface area contributed by atoms with Crippen LogP contribution in [0.1, 0.15) is 31.7 Å². The minimum atomic E-state index is 0.236. The minimum Gasteiger partial charge on any atom is -0.395 e. The molecule has 0 unspecified atom stereocenters. The van der Waals surface area contributed by atoms with E-state index in [0.717, 1.165) is 45.1 Å². The normalized spacial score (nSPS) is 17.8. The molecule has 1 saturated heterocycles. The van der Waals surface area contributed by atoms with Gasteiger partial charge >= 0.3 is 0 Å². The molecule has 106 valence electrons. The summed E-state index contributed by atoms with van der Waals surface area (Å²) in [7, 11) is 0. The van der Waals surface area contributed by atoms with Crippen LogP contribution in [-0.4, -0.2) is 59.3 Å². The smallest absolute Gasteiger partial charge is 0.225 e. The van der Waals surface area contributed by atoms with Gasteiger partial charge in [0.15, 0.2) is 0 Å². The summed E-state index contributed by atoms with van der Waals surface area (Å²) in [6, 6.07) is 0. The van der Waals surface area contributed by atoms with Gasteiger partial charge in [-0.2, -0.15) is 0 Å². The molecule has 2 rings (SSSR count). The van der Waals surface area contributed by atoms with Crippen molar-refractivity contribution in [2.75, 3.05) is 44.2 Å². The van der Waals surface area contributed by atoms with Gasteiger partial charge < -0.3 is 10.0 Å². The summed E-state index contributed by atoms with van der Waals surface area (Å²) in [4.78, 5) is 13.5. The van der Waals surface area contributed by atoms with E-state index in [0.29, 0.717) is 5.92 Å². The fourth-order valence-corrected chi connectivity index (χ4v) is 2.33. The number of hydrogen-bond acceptors (Lipinski definition) is 5. The number of anilines is 1. The van der Waals surface area contributed by atoms with Gasteiger partial charge in [0, 0.05) is 38.6 Å². The lowest BCUT2D eigenvalue weighted by Gasteiger charge is -2.21. The van der Waals surface area contributed by atoms with Gasteiger partial charge in [0.1, 0.15) is 0 Å². The molecular weight excluding hydrogens is 240 g/mol. The SMILES string of the molecule is CC(C)c1cnc(N2CCCN(CCO)CC2)nc1. The monoisotopic (exact) mass is 264 g/mol. The summed E-state index contributed by atoms with van der Waals surface area (Å²) in [6.45, 7) is 9.23. The lowest BCUT2D eigenvalue weighted by molar-refractivity contribution is 0.204. The average Bonchev–Trinajstić information content (AvgIpc) is 2.65. The summed E-state index contributed by atoms with van der Waals surface area (Å²) in [6.07, 6.45) is 4.96. The summed E-state index contributed by atoms with van der Waals surface area (Å²) < 4.78 is 0. The van der Waals surface area contributed by atoms with Crippen molar-refractivity contribution < 1.29 is 5.11 Å². The van der Waals surface area contributed by atoms with Crippen molar-refractivity contribution in [1.82, 2.24) is 14.9 Å². The van der Waals surface area contributed by atoms with E-state index in [4.69, 9.17) is 5.11 Å². The highest BCUT2D eigenvalue weighted by Crippen LogP contribution is 2.15. The Labute approximate surface area is 115 Å². The van der Waals surface area contributed by atoms with Gasteiger partial charge in [-0.05, 0) is 24.4 Å². The van der Waals surface area contributed by atoms with Crippen LogP contribution in [-0.2, 0) is 0 Å². The zero-order valence-electron chi connectivity index (χ0n) is 11.9. The molecule has 1 aromatic rings. The summed E-state index contributed by atoms with van der Waals surface area (Å²) in [5, 5.41) is 9.00. The van der Waals surface area contributed by atoms with Gasteiger partial charge in [-0.1, -0.05) is 13.8 Å². The number of aliphatic hydroxyl groups is 1. The predicted octanol–water partition coefficient (Wildman–Crippen LogP) is 1.10. The van der Waals surface area contributed by atoms with Crippen molar-refractivity contribution in [1.29, 1.82) is 0 Å². The number of aliphatic hydroxyl groups excluding tert-OH is 1. The molecule has 1 aromatic heterocycles. The van der Waals surface area contributed by atoms with E-state index in [-0.39, 0.29) is 6.61 Å². The Balaban J connectivity index is 1.97. The predicted molar refractivity (Wildman–Crippen MR) is 76.5 cm³/mol. The van der Waals surface area contributed by atoms with Crippen molar-refractivity contribution in [2.45, 2.75) is 26.2 Å². The first-order chi connectivity index (χ1) is 9.20. The van der Waals surface area contributed by atoms with Crippen LogP contribution in [0.15, 0.2) is 12.4 Å². The Morgan fingerprint density at radius 2 is 1.89 bits per heavy atom. The topological polar surface area (TPSA) is 52.5 Å². The minimum absolute atomic E-state index is 0.236. The lowest BCUT2D eigenvalue weighted by Crippen LogP contribution is -2.33. The average molecular weight is 264 g/mol. The van der Waals surface area contributed by atoms with E-state index in [2.05, 4.69) is 33.6 Å². The Kier molecular flexibility index (Phi) is 5.10. The molecule has 0 radical (unpaired) electrons. The number of rotatable bonds is 4. The van der Waals surface area contributed by atoms with Gasteiger partial charge in [0.05, 0.1) is 6.61 Å². The molecule has 1 aliphatic rings. The number of β-amino-alcohol motifs (C(OH)–C–C–N with tert-alkyl or cyclic N) is 1. The van der Waals surface area contributed by atoms with E-state index in [1.54, 1.807) is 0 Å². The van der Waals surface area contributed by atoms with Crippen molar-refractivity contribution in [2.24, 2.45) is 0 Å². The number of hydrogen-bond donors (Lipinski definition) is 1. The van der Waals surface area contributed by atoms with Crippen molar-refractivity contribution in [3.8, 4) is 0 Å². The molecule has 0 atom stereocenters. The first-order valence-electron chi connectivity index (χ1n) is 7.11. The lowest BCUT2D eigenvalue weighted by atomic mass is 10.1. The van der Waals surface area contributed by atoms with Gasteiger partial charge in [-0.15, -0.1) is 0 Å². The molecule has 19 heavy (non-hydrogen) atoms. The zero-order valence-corrected chi connectivity index (χ0v) is 11.9. The van der Waals surface area contributed by atoms with E-state index in [1.807, 2.05) is 12.4 Å². The highest BCUT2D eigenvalue weighted by Gasteiger charge is 2.16. The van der Waals surface area contributed by atoms with Crippen molar-refractivity contribution >= 4 is 5.95 Å². The fourth-order valence-electron chi connectivity index (χ4n) is 2.33. The molecule has 0 bridgehead atoms. The maximum Gasteiger partial charge on any atom is 0.225 e. The molecule has 0 amide bonds. The number of aromatic nitrogens is 2. The molecule has 0 saturated carbocycles. The molecule has 0 aromatic carbocycles. The van der Waals surface area contributed by atoms with Crippen LogP contribution >= 0.6 is 0 Å². The van der Waals surface area contributed by atoms with E-state index >= 15 is 0 Å².